The van der Waals surface area contributed by atoms with Crippen molar-refractivity contribution in [1.29, 1.82) is 0 Å². The molecule has 7 heteroatoms. The van der Waals surface area contributed by atoms with Crippen LogP contribution in [0.25, 0.3) is 16.6 Å². The third-order valence-electron chi connectivity index (χ3n) is 3.71. The average Bonchev–Trinajstić information content (AvgIpc) is 3.16. The van der Waals surface area contributed by atoms with Crippen LogP contribution >= 0.6 is 0 Å². The highest BCUT2D eigenvalue weighted by Crippen LogP contribution is 2.31. The van der Waals surface area contributed by atoms with Crippen LogP contribution in [0, 0.1) is 5.82 Å². The minimum absolute atomic E-state index is 0.110. The zero-order valence-corrected chi connectivity index (χ0v) is 13.3. The van der Waals surface area contributed by atoms with Crippen molar-refractivity contribution in [2.75, 3.05) is 7.11 Å². The molecule has 124 valence electrons. The van der Waals surface area contributed by atoms with Gasteiger partial charge in [-0.1, -0.05) is 6.07 Å². The molecule has 0 aliphatic heterocycles. The smallest absolute Gasteiger partial charge is 0.230 e. The fraction of sp³-hybridized carbons (Fsp3) is 0.0556. The Labute approximate surface area is 142 Å². The molecule has 4 rings (SSSR count). The van der Waals surface area contributed by atoms with Gasteiger partial charge in [0.05, 0.1) is 30.0 Å². The van der Waals surface area contributed by atoms with Crippen LogP contribution in [0.3, 0.4) is 0 Å². The lowest BCUT2D eigenvalue weighted by molar-refractivity contribution is 0.387. The molecule has 0 aliphatic carbocycles. The maximum absolute atomic E-state index is 13.9. The predicted molar refractivity (Wildman–Crippen MR) is 89.7 cm³/mol. The van der Waals surface area contributed by atoms with Crippen molar-refractivity contribution in [1.82, 2.24) is 19.5 Å². The monoisotopic (exact) mass is 336 g/mol. The number of ether oxygens (including phenoxy) is 2. The van der Waals surface area contributed by atoms with E-state index >= 15 is 0 Å². The summed E-state index contributed by atoms with van der Waals surface area (Å²) in [5, 5.41) is 0.564. The minimum atomic E-state index is -0.484. The Morgan fingerprint density at radius 3 is 2.84 bits per heavy atom. The third kappa shape index (κ3) is 2.87. The van der Waals surface area contributed by atoms with Gasteiger partial charge in [-0.05, 0) is 18.2 Å². The van der Waals surface area contributed by atoms with E-state index in [-0.39, 0.29) is 5.75 Å². The summed E-state index contributed by atoms with van der Waals surface area (Å²) in [6.45, 7) is 0. The molecule has 0 bridgehead atoms. The quantitative estimate of drug-likeness (QED) is 0.568. The van der Waals surface area contributed by atoms with Crippen molar-refractivity contribution >= 4 is 10.9 Å². The normalized spacial score (nSPS) is 10.8. The third-order valence-corrected chi connectivity index (χ3v) is 3.71. The summed E-state index contributed by atoms with van der Waals surface area (Å²) in [6, 6.07) is 10.3. The van der Waals surface area contributed by atoms with Crippen molar-refractivity contribution in [3.63, 3.8) is 0 Å². The molecule has 2 heterocycles. The molecule has 0 spiro atoms. The van der Waals surface area contributed by atoms with Gasteiger partial charge in [-0.3, -0.25) is 0 Å². The fourth-order valence-corrected chi connectivity index (χ4v) is 2.50. The average molecular weight is 336 g/mol. The first-order valence-electron chi connectivity index (χ1n) is 7.49. The SMILES string of the molecule is COc1cc2c(Oc3cccc(-n4ccnc4)c3)ncnc2cc1F. The summed E-state index contributed by atoms with van der Waals surface area (Å²) in [7, 11) is 1.41. The van der Waals surface area contributed by atoms with Gasteiger partial charge in [0.25, 0.3) is 0 Å². The minimum Gasteiger partial charge on any atom is -0.494 e. The summed E-state index contributed by atoms with van der Waals surface area (Å²) in [5.74, 6) is 0.543. The molecular weight excluding hydrogens is 323 g/mol. The zero-order chi connectivity index (χ0) is 17.2. The van der Waals surface area contributed by atoms with Crippen LogP contribution < -0.4 is 9.47 Å². The first kappa shape index (κ1) is 15.1. The first-order chi connectivity index (χ1) is 12.2. The van der Waals surface area contributed by atoms with Gasteiger partial charge in [-0.25, -0.2) is 19.3 Å². The van der Waals surface area contributed by atoms with Gasteiger partial charge < -0.3 is 14.0 Å². The Morgan fingerprint density at radius 1 is 1.12 bits per heavy atom. The van der Waals surface area contributed by atoms with E-state index in [2.05, 4.69) is 15.0 Å². The topological polar surface area (TPSA) is 62.1 Å². The number of aromatic nitrogens is 4. The summed E-state index contributed by atoms with van der Waals surface area (Å²) in [4.78, 5) is 12.3. The molecule has 0 saturated carbocycles. The molecule has 0 unspecified atom stereocenters. The summed E-state index contributed by atoms with van der Waals surface area (Å²) < 4.78 is 26.7. The second kappa shape index (κ2) is 6.20. The number of benzene rings is 2. The van der Waals surface area contributed by atoms with E-state index in [1.807, 2.05) is 35.0 Å². The van der Waals surface area contributed by atoms with E-state index < -0.39 is 5.82 Å². The number of hydrogen-bond acceptors (Lipinski definition) is 5. The number of rotatable bonds is 4. The Kier molecular flexibility index (Phi) is 3.74. The molecular formula is C18H13FN4O2. The number of methoxy groups -OCH3 is 1. The van der Waals surface area contributed by atoms with Gasteiger partial charge in [-0.15, -0.1) is 0 Å². The maximum atomic E-state index is 13.9. The molecule has 2 aromatic carbocycles. The highest BCUT2D eigenvalue weighted by Gasteiger charge is 2.12. The lowest BCUT2D eigenvalue weighted by atomic mass is 10.2. The number of nitrogens with zero attached hydrogens (tertiary/aromatic N) is 4. The van der Waals surface area contributed by atoms with Crippen LogP contribution in [0.2, 0.25) is 0 Å². The van der Waals surface area contributed by atoms with Gasteiger partial charge in [0.1, 0.15) is 12.1 Å². The summed E-state index contributed by atoms with van der Waals surface area (Å²) >= 11 is 0. The molecule has 2 aromatic heterocycles. The van der Waals surface area contributed by atoms with Crippen molar-refractivity contribution in [3.05, 3.63) is 67.3 Å². The molecule has 0 radical (unpaired) electrons. The molecule has 0 saturated heterocycles. The molecule has 0 atom stereocenters. The fourth-order valence-electron chi connectivity index (χ4n) is 2.50. The number of halogens is 1. The lowest BCUT2D eigenvalue weighted by Crippen LogP contribution is -1.95. The second-order valence-electron chi connectivity index (χ2n) is 5.25. The molecule has 0 amide bonds. The van der Waals surface area contributed by atoms with Gasteiger partial charge in [0.2, 0.25) is 5.88 Å². The highest BCUT2D eigenvalue weighted by atomic mass is 19.1. The Bertz CT molecular complexity index is 1030. The molecule has 4 aromatic rings. The molecule has 0 aliphatic rings. The van der Waals surface area contributed by atoms with Gasteiger partial charge >= 0.3 is 0 Å². The molecule has 6 nitrogen and oxygen atoms in total. The van der Waals surface area contributed by atoms with Gasteiger partial charge in [0, 0.05) is 24.5 Å². The van der Waals surface area contributed by atoms with Crippen molar-refractivity contribution in [2.45, 2.75) is 0 Å². The van der Waals surface area contributed by atoms with Crippen LogP contribution in [0.15, 0.2) is 61.4 Å². The van der Waals surface area contributed by atoms with Crippen molar-refractivity contribution < 1.29 is 13.9 Å². The van der Waals surface area contributed by atoms with E-state index in [0.29, 0.717) is 22.5 Å². The van der Waals surface area contributed by atoms with Crippen LogP contribution in [0.4, 0.5) is 4.39 Å². The standard InChI is InChI=1S/C18H13FN4O2/c1-24-17-8-14-16(9-15(17)19)21-10-22-18(14)25-13-4-2-3-12(7-13)23-6-5-20-11-23/h2-11H,1H3. The van der Waals surface area contributed by atoms with E-state index in [0.717, 1.165) is 5.69 Å². The van der Waals surface area contributed by atoms with Crippen molar-refractivity contribution in [3.8, 4) is 23.1 Å². The highest BCUT2D eigenvalue weighted by molar-refractivity contribution is 5.85. The van der Waals surface area contributed by atoms with Crippen molar-refractivity contribution in [2.24, 2.45) is 0 Å². The van der Waals surface area contributed by atoms with Crippen LogP contribution in [0.5, 0.6) is 17.4 Å². The molecule has 0 N–H and O–H groups in total. The van der Waals surface area contributed by atoms with E-state index in [1.165, 1.54) is 25.6 Å². The second-order valence-corrected chi connectivity index (χ2v) is 5.25. The molecule has 0 fully saturated rings. The Hall–Kier alpha value is -3.48. The van der Waals surface area contributed by atoms with Crippen LogP contribution in [0.1, 0.15) is 0 Å². The van der Waals surface area contributed by atoms with E-state index in [4.69, 9.17) is 9.47 Å². The maximum Gasteiger partial charge on any atom is 0.230 e. The van der Waals surface area contributed by atoms with E-state index in [1.54, 1.807) is 12.5 Å². The lowest BCUT2D eigenvalue weighted by Gasteiger charge is -2.10. The number of imidazole rings is 1. The Balaban J connectivity index is 1.75. The van der Waals surface area contributed by atoms with Crippen LogP contribution in [-0.2, 0) is 0 Å². The predicted octanol–water partition coefficient (Wildman–Crippen LogP) is 3.76. The van der Waals surface area contributed by atoms with E-state index in [9.17, 15) is 4.39 Å². The van der Waals surface area contributed by atoms with Crippen LogP contribution in [-0.4, -0.2) is 26.6 Å². The largest absolute Gasteiger partial charge is 0.494 e. The molecule has 25 heavy (non-hydrogen) atoms. The number of fused-ring (bicyclic) bond motifs is 1. The zero-order valence-electron chi connectivity index (χ0n) is 13.3. The Morgan fingerprint density at radius 2 is 2.04 bits per heavy atom. The van der Waals surface area contributed by atoms with Gasteiger partial charge in [0.15, 0.2) is 11.6 Å². The summed E-state index contributed by atoms with van der Waals surface area (Å²) in [6.07, 6.45) is 6.58. The summed E-state index contributed by atoms with van der Waals surface area (Å²) in [5.41, 5.74) is 1.34. The first-order valence-corrected chi connectivity index (χ1v) is 7.49. The number of hydrogen-bond donors (Lipinski definition) is 0. The van der Waals surface area contributed by atoms with Gasteiger partial charge in [-0.2, -0.15) is 0 Å².